The molecule has 5 rings (SSSR count). The first-order chi connectivity index (χ1) is 17.2. The smallest absolute Gasteiger partial charge is 0.211 e. The Balaban J connectivity index is 1.47. The maximum absolute atomic E-state index is 12.0. The Labute approximate surface area is 210 Å². The largest absolute Gasteiger partial charge is 0.491 e. The number of rotatable bonds is 9. The maximum atomic E-state index is 12.0. The average molecular weight is 515 g/mol. The van der Waals surface area contributed by atoms with Gasteiger partial charge in [-0.15, -0.1) is 0 Å². The van der Waals surface area contributed by atoms with Gasteiger partial charge in [-0.1, -0.05) is 17.3 Å². The SMILES string of the molecule is CNCC(O)COc1cccc(-c2nc(-c3c(C)noc3C)cc(N3C[C@H]4C3CN4S(C)(=O)=O)n2)c1. The molecule has 192 valence electrons. The van der Waals surface area contributed by atoms with Crippen molar-refractivity contribution >= 4 is 15.8 Å². The lowest BCUT2D eigenvalue weighted by Gasteiger charge is -2.61. The summed E-state index contributed by atoms with van der Waals surface area (Å²) in [6, 6.07) is 9.39. The van der Waals surface area contributed by atoms with Gasteiger partial charge in [0.2, 0.25) is 10.0 Å². The number of anilines is 1. The fraction of sp³-hybridized carbons (Fsp3) is 0.458. The van der Waals surface area contributed by atoms with Gasteiger partial charge in [0, 0.05) is 31.3 Å². The molecule has 0 radical (unpaired) electrons. The van der Waals surface area contributed by atoms with Crippen molar-refractivity contribution in [2.45, 2.75) is 32.0 Å². The molecule has 11 nitrogen and oxygen atoms in total. The van der Waals surface area contributed by atoms with Gasteiger partial charge < -0.3 is 24.6 Å². The summed E-state index contributed by atoms with van der Waals surface area (Å²) in [5.41, 5.74) is 2.98. The lowest BCUT2D eigenvalue weighted by molar-refractivity contribution is 0.0928. The van der Waals surface area contributed by atoms with Gasteiger partial charge in [0.25, 0.3) is 0 Å². The number of hydrogen-bond donors (Lipinski definition) is 2. The number of hydrogen-bond acceptors (Lipinski definition) is 10. The second-order valence-electron chi connectivity index (χ2n) is 9.30. The third-order valence-electron chi connectivity index (χ3n) is 6.66. The van der Waals surface area contributed by atoms with Crippen LogP contribution in [0.15, 0.2) is 34.9 Å². The van der Waals surface area contributed by atoms with Crippen LogP contribution in [0.1, 0.15) is 11.5 Å². The highest BCUT2D eigenvalue weighted by Crippen LogP contribution is 2.40. The number of aliphatic hydroxyl groups is 1. The van der Waals surface area contributed by atoms with Crippen LogP contribution in [0.25, 0.3) is 22.6 Å². The highest BCUT2D eigenvalue weighted by molar-refractivity contribution is 7.88. The highest BCUT2D eigenvalue weighted by atomic mass is 32.2. The van der Waals surface area contributed by atoms with Crippen LogP contribution in [-0.4, -0.2) is 90.7 Å². The summed E-state index contributed by atoms with van der Waals surface area (Å²) < 4.78 is 36.6. The summed E-state index contributed by atoms with van der Waals surface area (Å²) in [7, 11) is -1.44. The molecule has 2 aliphatic rings. The Hall–Kier alpha value is -3.06. The second-order valence-corrected chi connectivity index (χ2v) is 11.2. The zero-order chi connectivity index (χ0) is 25.6. The number of piperazine rings is 1. The Morgan fingerprint density at radius 2 is 2.03 bits per heavy atom. The lowest BCUT2D eigenvalue weighted by atomic mass is 9.88. The molecular weight excluding hydrogens is 484 g/mol. The molecule has 0 spiro atoms. The molecule has 0 aliphatic carbocycles. The van der Waals surface area contributed by atoms with Gasteiger partial charge in [-0.05, 0) is 33.0 Å². The van der Waals surface area contributed by atoms with Crippen molar-refractivity contribution < 1.29 is 22.8 Å². The summed E-state index contributed by atoms with van der Waals surface area (Å²) in [6.45, 7) is 5.32. The predicted molar refractivity (Wildman–Crippen MR) is 134 cm³/mol. The van der Waals surface area contributed by atoms with Gasteiger partial charge in [0.05, 0.1) is 35.3 Å². The molecule has 2 N–H and O–H groups in total. The van der Waals surface area contributed by atoms with Crippen molar-refractivity contribution in [2.24, 2.45) is 0 Å². The van der Waals surface area contributed by atoms with Crippen molar-refractivity contribution in [3.05, 3.63) is 41.8 Å². The maximum Gasteiger partial charge on any atom is 0.211 e. The topological polar surface area (TPSA) is 134 Å². The van der Waals surface area contributed by atoms with Crippen molar-refractivity contribution in [1.82, 2.24) is 24.7 Å². The number of nitrogens with one attached hydrogen (secondary N) is 1. The molecule has 0 bridgehead atoms. The fourth-order valence-corrected chi connectivity index (χ4v) is 5.88. The zero-order valence-corrected chi connectivity index (χ0v) is 21.5. The van der Waals surface area contributed by atoms with Crippen LogP contribution in [0.4, 0.5) is 5.82 Å². The summed E-state index contributed by atoms with van der Waals surface area (Å²) >= 11 is 0. The van der Waals surface area contributed by atoms with Gasteiger partial charge >= 0.3 is 0 Å². The number of sulfonamides is 1. The minimum absolute atomic E-state index is 0.0262. The third-order valence-corrected chi connectivity index (χ3v) is 7.93. The summed E-state index contributed by atoms with van der Waals surface area (Å²) in [4.78, 5) is 11.8. The van der Waals surface area contributed by atoms with Gasteiger partial charge in [0.1, 0.15) is 30.0 Å². The van der Waals surface area contributed by atoms with Crippen LogP contribution in [0.2, 0.25) is 0 Å². The van der Waals surface area contributed by atoms with E-state index in [1.54, 1.807) is 7.05 Å². The van der Waals surface area contributed by atoms with Crippen LogP contribution >= 0.6 is 0 Å². The number of aliphatic hydroxyl groups excluding tert-OH is 1. The molecule has 1 aromatic carbocycles. The molecule has 3 aromatic rings. The number of nitrogens with zero attached hydrogens (tertiary/aromatic N) is 5. The lowest BCUT2D eigenvalue weighted by Crippen LogP contribution is -2.79. The first-order valence-electron chi connectivity index (χ1n) is 11.8. The number of fused-ring (bicyclic) bond motifs is 1. The molecule has 36 heavy (non-hydrogen) atoms. The number of likely N-dealkylation sites (N-methyl/N-ethyl adjacent to an activating group) is 1. The van der Waals surface area contributed by atoms with Crippen LogP contribution in [0.5, 0.6) is 5.75 Å². The number of aromatic nitrogens is 3. The molecule has 3 atom stereocenters. The first-order valence-corrected chi connectivity index (χ1v) is 13.6. The highest BCUT2D eigenvalue weighted by Gasteiger charge is 2.55. The molecular formula is C24H30N6O5S. The third kappa shape index (κ3) is 4.57. The number of aryl methyl sites for hydroxylation is 2. The summed E-state index contributed by atoms with van der Waals surface area (Å²) in [5, 5.41) is 17.0. The van der Waals surface area contributed by atoms with Gasteiger partial charge in [0.15, 0.2) is 5.82 Å². The minimum atomic E-state index is -3.21. The Kier molecular flexibility index (Phi) is 6.45. The van der Waals surface area contributed by atoms with Crippen molar-refractivity contribution in [1.29, 1.82) is 0 Å². The number of benzene rings is 1. The van der Waals surface area contributed by atoms with E-state index in [4.69, 9.17) is 19.2 Å². The van der Waals surface area contributed by atoms with E-state index < -0.39 is 16.1 Å². The van der Waals surface area contributed by atoms with Gasteiger partial charge in [-0.3, -0.25) is 0 Å². The van der Waals surface area contributed by atoms with E-state index in [-0.39, 0.29) is 18.7 Å². The predicted octanol–water partition coefficient (Wildman–Crippen LogP) is 1.21. The molecule has 0 amide bonds. The van der Waals surface area contributed by atoms with E-state index in [9.17, 15) is 13.5 Å². The van der Waals surface area contributed by atoms with Gasteiger partial charge in [-0.25, -0.2) is 18.4 Å². The molecule has 2 aliphatic heterocycles. The molecule has 2 saturated heterocycles. The first kappa shape index (κ1) is 24.6. The van der Waals surface area contributed by atoms with E-state index in [1.165, 1.54) is 10.6 Å². The van der Waals surface area contributed by atoms with Crippen molar-refractivity contribution in [3.8, 4) is 28.4 Å². The van der Waals surface area contributed by atoms with Crippen LogP contribution in [0, 0.1) is 13.8 Å². The minimum Gasteiger partial charge on any atom is -0.491 e. The quantitative estimate of drug-likeness (QED) is 0.429. The standard InChI is InChI=1S/C24H30N6O5S/c1-14-23(15(2)35-28-14)19-9-22(29-11-21-20(29)12-30(21)36(4,32)33)27-24(26-19)16-6-5-7-18(8-16)34-13-17(31)10-25-3/h5-9,17,20-21,25,31H,10-13H2,1-4H3/t17?,20?,21-/m0/s1. The van der Waals surface area contributed by atoms with Crippen molar-refractivity contribution in [3.63, 3.8) is 0 Å². The Morgan fingerprint density at radius 3 is 2.67 bits per heavy atom. The van der Waals surface area contributed by atoms with Crippen LogP contribution in [-0.2, 0) is 10.0 Å². The van der Waals surface area contributed by atoms with E-state index in [2.05, 4.69) is 15.4 Å². The normalized spacial score (nSPS) is 20.4. The zero-order valence-electron chi connectivity index (χ0n) is 20.7. The second kappa shape index (κ2) is 9.43. The summed E-state index contributed by atoms with van der Waals surface area (Å²) in [6.07, 6.45) is 0.620. The molecule has 0 saturated carbocycles. The molecule has 4 heterocycles. The van der Waals surface area contributed by atoms with E-state index in [0.717, 1.165) is 22.6 Å². The van der Waals surface area contributed by atoms with Crippen LogP contribution in [0.3, 0.4) is 0 Å². The Bertz CT molecular complexity index is 1360. The fourth-order valence-electron chi connectivity index (χ4n) is 4.76. The van der Waals surface area contributed by atoms with E-state index in [1.807, 2.05) is 44.2 Å². The van der Waals surface area contributed by atoms with Crippen molar-refractivity contribution in [2.75, 3.05) is 44.4 Å². The molecule has 2 fully saturated rings. The summed E-state index contributed by atoms with van der Waals surface area (Å²) in [5.74, 6) is 2.49. The Morgan fingerprint density at radius 1 is 1.22 bits per heavy atom. The average Bonchev–Trinajstić information content (AvgIpc) is 3.16. The molecule has 12 heteroatoms. The van der Waals surface area contributed by atoms with E-state index in [0.29, 0.717) is 42.7 Å². The molecule has 2 unspecified atom stereocenters. The van der Waals surface area contributed by atoms with Gasteiger partial charge in [-0.2, -0.15) is 4.31 Å². The number of ether oxygens (including phenoxy) is 1. The van der Waals surface area contributed by atoms with Crippen LogP contribution < -0.4 is 15.0 Å². The van der Waals surface area contributed by atoms with E-state index >= 15 is 0 Å². The molecule has 2 aromatic heterocycles. The monoisotopic (exact) mass is 514 g/mol.